The van der Waals surface area contributed by atoms with Gasteiger partial charge in [0.05, 0.1) is 28.7 Å². The van der Waals surface area contributed by atoms with Crippen molar-refractivity contribution in [2.45, 2.75) is 10.6 Å². The molecule has 30 heavy (non-hydrogen) atoms. The third kappa shape index (κ3) is 3.97. The van der Waals surface area contributed by atoms with E-state index in [4.69, 9.17) is 4.74 Å². The number of hydrogen-bond donors (Lipinski definition) is 0. The number of benzene rings is 3. The Bertz CT molecular complexity index is 1280. The molecule has 3 aromatic carbocycles. The van der Waals surface area contributed by atoms with Crippen LogP contribution in [0.3, 0.4) is 0 Å². The predicted molar refractivity (Wildman–Crippen MR) is 113 cm³/mol. The second-order valence-electron chi connectivity index (χ2n) is 6.43. The average Bonchev–Trinajstić information content (AvgIpc) is 2.79. The molecule has 146 valence electrons. The Hall–Kier alpha value is -3.82. The van der Waals surface area contributed by atoms with Crippen molar-refractivity contribution < 1.29 is 14.6 Å². The largest absolute Gasteiger partial charge is 0.545 e. The zero-order chi connectivity index (χ0) is 20.9. The molecule has 0 fully saturated rings. The summed E-state index contributed by atoms with van der Waals surface area (Å²) in [5.74, 6) is 0.429. The topological polar surface area (TPSA) is 86.0 Å². The maximum Gasteiger partial charge on any atom is 0.159 e. The number of carbonyl (C=O) groups is 1. The number of aromatic nitrogens is 1. The minimum Gasteiger partial charge on any atom is -0.545 e. The van der Waals surface area contributed by atoms with E-state index in [1.807, 2.05) is 30.3 Å². The molecule has 0 spiro atoms. The van der Waals surface area contributed by atoms with Gasteiger partial charge in [0, 0.05) is 28.3 Å². The predicted octanol–water partition coefficient (Wildman–Crippen LogP) is 4.55. The quantitative estimate of drug-likeness (QED) is 0.433. The summed E-state index contributed by atoms with van der Waals surface area (Å²) in [6, 6.07) is 21.9. The maximum atomic E-state index is 11.3. The van der Waals surface area contributed by atoms with Crippen LogP contribution in [0, 0.1) is 11.3 Å². The van der Waals surface area contributed by atoms with Gasteiger partial charge in [-0.3, -0.25) is 4.98 Å². The van der Waals surface area contributed by atoms with E-state index in [0.29, 0.717) is 28.4 Å². The van der Waals surface area contributed by atoms with Crippen molar-refractivity contribution in [1.82, 2.24) is 4.98 Å². The number of thioether (sulfide) groups is 1. The highest BCUT2D eigenvalue weighted by Crippen LogP contribution is 2.37. The van der Waals surface area contributed by atoms with E-state index in [1.54, 1.807) is 42.7 Å². The first-order chi connectivity index (χ1) is 14.7. The van der Waals surface area contributed by atoms with Gasteiger partial charge in [-0.05, 0) is 23.8 Å². The first kappa shape index (κ1) is 19.5. The van der Waals surface area contributed by atoms with Crippen molar-refractivity contribution in [2.75, 3.05) is 0 Å². The minimum atomic E-state index is -1.19. The fourth-order valence-electron chi connectivity index (χ4n) is 3.14. The Morgan fingerprint density at radius 2 is 1.77 bits per heavy atom. The van der Waals surface area contributed by atoms with Crippen molar-refractivity contribution >= 4 is 28.5 Å². The molecule has 4 aromatic rings. The second-order valence-corrected chi connectivity index (χ2v) is 7.44. The van der Waals surface area contributed by atoms with Crippen LogP contribution in [0.1, 0.15) is 21.5 Å². The van der Waals surface area contributed by atoms with E-state index >= 15 is 0 Å². The van der Waals surface area contributed by atoms with Crippen molar-refractivity contribution in [3.05, 3.63) is 95.8 Å². The fraction of sp³-hybridized carbons (Fsp3) is 0.0417. The molecule has 0 bridgehead atoms. The number of aromatic carboxylic acids is 1. The summed E-state index contributed by atoms with van der Waals surface area (Å²) in [7, 11) is 0. The van der Waals surface area contributed by atoms with Gasteiger partial charge in [-0.1, -0.05) is 48.5 Å². The minimum absolute atomic E-state index is 0.180. The molecule has 1 aromatic heterocycles. The molecule has 0 saturated heterocycles. The second kappa shape index (κ2) is 8.68. The average molecular weight is 411 g/mol. The Morgan fingerprint density at radius 3 is 2.57 bits per heavy atom. The third-order valence-corrected chi connectivity index (χ3v) is 5.70. The van der Waals surface area contributed by atoms with Crippen molar-refractivity contribution in [3.8, 4) is 17.6 Å². The molecule has 0 aliphatic heterocycles. The number of carbonyl (C=O) groups excluding carboxylic acids is 1. The lowest BCUT2D eigenvalue weighted by molar-refractivity contribution is -0.255. The summed E-state index contributed by atoms with van der Waals surface area (Å²) < 4.78 is 6.17. The third-order valence-electron chi connectivity index (χ3n) is 4.59. The molecular formula is C24H15N2O3S-. The van der Waals surface area contributed by atoms with Crippen LogP contribution in [-0.4, -0.2) is 11.0 Å². The molecule has 6 heteroatoms. The fourth-order valence-corrected chi connectivity index (χ4v) is 4.10. The maximum absolute atomic E-state index is 11.3. The summed E-state index contributed by atoms with van der Waals surface area (Å²) in [6.45, 7) is 0. The SMILES string of the molecule is N#Cc1ccc(Oc2cnccc2SCc2ccccc2C(=O)[O-])c2ccccc12. The van der Waals surface area contributed by atoms with Gasteiger partial charge in [0.2, 0.25) is 0 Å². The zero-order valence-corrected chi connectivity index (χ0v) is 16.6. The van der Waals surface area contributed by atoms with Crippen LogP contribution in [0.15, 0.2) is 84.0 Å². The van der Waals surface area contributed by atoms with E-state index < -0.39 is 5.97 Å². The lowest BCUT2D eigenvalue weighted by Gasteiger charge is -2.14. The smallest absolute Gasteiger partial charge is 0.159 e. The Balaban J connectivity index is 1.64. The summed E-state index contributed by atoms with van der Waals surface area (Å²) >= 11 is 1.46. The monoisotopic (exact) mass is 411 g/mol. The summed E-state index contributed by atoms with van der Waals surface area (Å²) in [5, 5.41) is 22.3. The lowest BCUT2D eigenvalue weighted by Crippen LogP contribution is -2.23. The molecule has 1 heterocycles. The highest BCUT2D eigenvalue weighted by Gasteiger charge is 2.12. The Labute approximate surface area is 177 Å². The summed E-state index contributed by atoms with van der Waals surface area (Å²) in [5.41, 5.74) is 1.44. The van der Waals surface area contributed by atoms with Gasteiger partial charge in [0.15, 0.2) is 5.75 Å². The van der Waals surface area contributed by atoms with Gasteiger partial charge in [-0.25, -0.2) is 0 Å². The van der Waals surface area contributed by atoms with Crippen LogP contribution in [0.2, 0.25) is 0 Å². The number of fused-ring (bicyclic) bond motifs is 1. The van der Waals surface area contributed by atoms with Gasteiger partial charge in [0.1, 0.15) is 5.75 Å². The van der Waals surface area contributed by atoms with Crippen LogP contribution in [0.5, 0.6) is 11.5 Å². The van der Waals surface area contributed by atoms with Gasteiger partial charge in [0.25, 0.3) is 0 Å². The first-order valence-electron chi connectivity index (χ1n) is 9.13. The standard InChI is InChI=1S/C24H16N2O3S/c25-13-16-9-10-21(20-8-4-3-6-18(16)20)29-22-14-26-12-11-23(22)30-15-17-5-1-2-7-19(17)24(27)28/h1-12,14H,15H2,(H,27,28)/p-1. The van der Waals surface area contributed by atoms with Crippen LogP contribution in [0.25, 0.3) is 10.8 Å². The molecule has 0 atom stereocenters. The Morgan fingerprint density at radius 1 is 1.00 bits per heavy atom. The van der Waals surface area contributed by atoms with E-state index in [-0.39, 0.29) is 5.56 Å². The summed E-state index contributed by atoms with van der Waals surface area (Å²) in [4.78, 5) is 16.3. The first-order valence-corrected chi connectivity index (χ1v) is 10.1. The van der Waals surface area contributed by atoms with E-state index in [2.05, 4.69) is 11.1 Å². The number of pyridine rings is 1. The van der Waals surface area contributed by atoms with Gasteiger partial charge < -0.3 is 14.6 Å². The van der Waals surface area contributed by atoms with E-state index in [9.17, 15) is 15.2 Å². The number of carboxylic acids is 1. The van der Waals surface area contributed by atoms with Crippen molar-refractivity contribution in [1.29, 1.82) is 5.26 Å². The van der Waals surface area contributed by atoms with Gasteiger partial charge >= 0.3 is 0 Å². The number of ether oxygens (including phenoxy) is 1. The van der Waals surface area contributed by atoms with Gasteiger partial charge in [-0.2, -0.15) is 5.26 Å². The molecule has 0 amide bonds. The number of nitrogens with zero attached hydrogens (tertiary/aromatic N) is 2. The molecule has 4 rings (SSSR count). The van der Waals surface area contributed by atoms with Crippen molar-refractivity contribution in [2.24, 2.45) is 0 Å². The molecule has 0 aliphatic carbocycles. The lowest BCUT2D eigenvalue weighted by atomic mass is 10.0. The number of nitriles is 1. The van der Waals surface area contributed by atoms with Crippen LogP contribution >= 0.6 is 11.8 Å². The number of hydrogen-bond acceptors (Lipinski definition) is 6. The zero-order valence-electron chi connectivity index (χ0n) is 15.7. The Kier molecular flexibility index (Phi) is 5.64. The normalized spacial score (nSPS) is 10.5. The molecule has 0 N–H and O–H groups in total. The molecule has 0 aliphatic rings. The molecule has 5 nitrogen and oxygen atoms in total. The summed E-state index contributed by atoms with van der Waals surface area (Å²) in [6.07, 6.45) is 3.29. The van der Waals surface area contributed by atoms with E-state index in [1.165, 1.54) is 17.8 Å². The highest BCUT2D eigenvalue weighted by atomic mass is 32.2. The van der Waals surface area contributed by atoms with Crippen molar-refractivity contribution in [3.63, 3.8) is 0 Å². The van der Waals surface area contributed by atoms with Crippen LogP contribution < -0.4 is 9.84 Å². The van der Waals surface area contributed by atoms with Gasteiger partial charge in [-0.15, -0.1) is 11.8 Å². The molecule has 0 unspecified atom stereocenters. The number of rotatable bonds is 6. The number of carboxylic acid groups (broad SMARTS) is 1. The van der Waals surface area contributed by atoms with Crippen LogP contribution in [-0.2, 0) is 5.75 Å². The highest BCUT2D eigenvalue weighted by molar-refractivity contribution is 7.98. The molecule has 0 saturated carbocycles. The molecular weight excluding hydrogens is 396 g/mol. The van der Waals surface area contributed by atoms with Crippen LogP contribution in [0.4, 0.5) is 0 Å². The van der Waals surface area contributed by atoms with E-state index in [0.717, 1.165) is 15.7 Å². The molecule has 0 radical (unpaired) electrons.